The number of pyridine rings is 1. The van der Waals surface area contributed by atoms with Crippen molar-refractivity contribution in [2.24, 2.45) is 11.8 Å². The van der Waals surface area contributed by atoms with E-state index < -0.39 is 0 Å². The number of amides is 1. The number of hydrogen-bond acceptors (Lipinski definition) is 3. The highest BCUT2D eigenvalue weighted by atomic mass is 35.5. The van der Waals surface area contributed by atoms with E-state index in [-0.39, 0.29) is 5.91 Å². The number of piperidine rings is 1. The summed E-state index contributed by atoms with van der Waals surface area (Å²) >= 11 is 7.82. The highest BCUT2D eigenvalue weighted by molar-refractivity contribution is 7.99. The average Bonchev–Trinajstić information content (AvgIpc) is 2.64. The molecule has 1 aliphatic heterocycles. The van der Waals surface area contributed by atoms with E-state index in [9.17, 15) is 4.79 Å². The fourth-order valence-electron chi connectivity index (χ4n) is 4.68. The molecule has 0 bridgehead atoms. The van der Waals surface area contributed by atoms with Crippen LogP contribution in [0.2, 0.25) is 5.02 Å². The van der Waals surface area contributed by atoms with Crippen molar-refractivity contribution in [3.8, 4) is 0 Å². The molecule has 0 N–H and O–H groups in total. The minimum Gasteiger partial charge on any atom is -0.341 e. The number of carbonyl (C=O) groups excluding carboxylic acids is 1. The molecule has 2 aliphatic rings. The number of carbonyl (C=O) groups is 1. The molecular formula is C22H27ClN2OS. The van der Waals surface area contributed by atoms with Crippen LogP contribution in [-0.4, -0.2) is 34.6 Å². The first-order valence-corrected chi connectivity index (χ1v) is 11.4. The molecule has 1 aliphatic carbocycles. The zero-order chi connectivity index (χ0) is 19.0. The Balaban J connectivity index is 1.57. The molecule has 1 fully saturated rings. The largest absolute Gasteiger partial charge is 0.341 e. The number of hydrogen-bond donors (Lipinski definition) is 0. The molecule has 1 aromatic heterocycles. The third kappa shape index (κ3) is 4.12. The van der Waals surface area contributed by atoms with Crippen molar-refractivity contribution in [3.63, 3.8) is 0 Å². The normalized spacial score (nSPS) is 22.7. The van der Waals surface area contributed by atoms with Gasteiger partial charge in [0.25, 0.3) is 0 Å². The lowest BCUT2D eigenvalue weighted by atomic mass is 9.90. The van der Waals surface area contributed by atoms with Crippen molar-refractivity contribution in [1.82, 2.24) is 9.88 Å². The number of likely N-dealkylation sites (tertiary alicyclic amines) is 1. The van der Waals surface area contributed by atoms with Crippen LogP contribution in [0.4, 0.5) is 0 Å². The Morgan fingerprint density at radius 3 is 2.63 bits per heavy atom. The summed E-state index contributed by atoms with van der Waals surface area (Å²) in [5.41, 5.74) is 3.73. The third-order valence-corrected chi connectivity index (χ3v) is 7.02. The molecule has 27 heavy (non-hydrogen) atoms. The maximum absolute atomic E-state index is 12.8. The van der Waals surface area contributed by atoms with E-state index in [1.54, 1.807) is 11.8 Å². The molecule has 0 saturated carbocycles. The van der Waals surface area contributed by atoms with Crippen molar-refractivity contribution in [2.45, 2.75) is 51.0 Å². The smallest absolute Gasteiger partial charge is 0.233 e. The van der Waals surface area contributed by atoms with Crippen molar-refractivity contribution in [3.05, 3.63) is 34.3 Å². The lowest BCUT2D eigenvalue weighted by Gasteiger charge is -2.35. The first-order valence-electron chi connectivity index (χ1n) is 10.0. The van der Waals surface area contributed by atoms with Gasteiger partial charge in [-0.05, 0) is 67.2 Å². The average molecular weight is 403 g/mol. The topological polar surface area (TPSA) is 33.2 Å². The fraction of sp³-hybridized carbons (Fsp3) is 0.545. The van der Waals surface area contributed by atoms with Gasteiger partial charge in [-0.1, -0.05) is 43.3 Å². The summed E-state index contributed by atoms with van der Waals surface area (Å²) in [5.74, 6) is 1.91. The molecule has 2 aromatic rings. The Bertz CT molecular complexity index is 859. The molecule has 4 rings (SSSR count). The van der Waals surface area contributed by atoms with Crippen molar-refractivity contribution in [1.29, 1.82) is 0 Å². The lowest BCUT2D eigenvalue weighted by molar-refractivity contribution is -0.130. The van der Waals surface area contributed by atoms with Gasteiger partial charge in [0.05, 0.1) is 11.3 Å². The summed E-state index contributed by atoms with van der Waals surface area (Å²) in [5, 5.41) is 2.98. The standard InChI is InChI=1S/C22H27ClN2OS/c1-14-9-15(2)12-25(11-14)21(26)13-27-22-19-6-4-3-5-17(19)18-8-7-16(23)10-20(18)24-22/h7-8,10,14-15H,3-6,9,11-13H2,1-2H3/t14-,15-/m1/s1. The summed E-state index contributed by atoms with van der Waals surface area (Å²) in [6.07, 6.45) is 5.81. The number of fused-ring (bicyclic) bond motifs is 3. The number of aromatic nitrogens is 1. The number of thioether (sulfide) groups is 1. The van der Waals surface area contributed by atoms with E-state index in [4.69, 9.17) is 16.6 Å². The summed E-state index contributed by atoms with van der Waals surface area (Å²) in [7, 11) is 0. The van der Waals surface area contributed by atoms with E-state index in [0.717, 1.165) is 36.5 Å². The molecule has 2 heterocycles. The molecule has 0 unspecified atom stereocenters. The van der Waals surface area contributed by atoms with Crippen molar-refractivity contribution >= 4 is 40.2 Å². The molecule has 5 heteroatoms. The molecule has 0 spiro atoms. The second kappa shape index (κ2) is 8.00. The highest BCUT2D eigenvalue weighted by Gasteiger charge is 2.26. The number of aryl methyl sites for hydroxylation is 1. The van der Waals surface area contributed by atoms with Crippen LogP contribution in [0.3, 0.4) is 0 Å². The second-order valence-electron chi connectivity index (χ2n) is 8.28. The lowest BCUT2D eigenvalue weighted by Crippen LogP contribution is -2.43. The minimum absolute atomic E-state index is 0.246. The Morgan fingerprint density at radius 1 is 1.19 bits per heavy atom. The Kier molecular flexibility index (Phi) is 5.65. The van der Waals surface area contributed by atoms with Crippen LogP contribution >= 0.6 is 23.4 Å². The van der Waals surface area contributed by atoms with E-state index in [2.05, 4.69) is 24.8 Å². The summed E-state index contributed by atoms with van der Waals surface area (Å²) in [6, 6.07) is 6.01. The van der Waals surface area contributed by atoms with Crippen LogP contribution in [-0.2, 0) is 17.6 Å². The first kappa shape index (κ1) is 19.1. The van der Waals surface area contributed by atoms with Gasteiger partial charge in [0.2, 0.25) is 5.91 Å². The van der Waals surface area contributed by atoms with Gasteiger partial charge in [0.15, 0.2) is 0 Å². The molecule has 2 atom stereocenters. The second-order valence-corrected chi connectivity index (χ2v) is 9.68. The Labute approximate surface area is 170 Å². The predicted molar refractivity (Wildman–Crippen MR) is 114 cm³/mol. The SMILES string of the molecule is C[C@@H]1C[C@@H](C)CN(C(=O)CSc2nc3cc(Cl)ccc3c3c2CCCC3)C1. The molecule has 1 amide bonds. The monoisotopic (exact) mass is 402 g/mol. The summed E-state index contributed by atoms with van der Waals surface area (Å²) in [4.78, 5) is 19.8. The van der Waals surface area contributed by atoms with Crippen LogP contribution in [0.5, 0.6) is 0 Å². The highest BCUT2D eigenvalue weighted by Crippen LogP contribution is 2.35. The van der Waals surface area contributed by atoms with Gasteiger partial charge in [0, 0.05) is 23.5 Å². The minimum atomic E-state index is 0.246. The molecular weight excluding hydrogens is 376 g/mol. The van der Waals surface area contributed by atoms with Gasteiger partial charge in [-0.2, -0.15) is 0 Å². The summed E-state index contributed by atoms with van der Waals surface area (Å²) in [6.45, 7) is 6.27. The number of rotatable bonds is 3. The molecule has 0 radical (unpaired) electrons. The fourth-order valence-corrected chi connectivity index (χ4v) is 5.85. The first-order chi connectivity index (χ1) is 13.0. The molecule has 1 aromatic carbocycles. The zero-order valence-corrected chi connectivity index (χ0v) is 17.7. The van der Waals surface area contributed by atoms with E-state index in [1.165, 1.54) is 35.8 Å². The van der Waals surface area contributed by atoms with Gasteiger partial charge in [-0.25, -0.2) is 4.98 Å². The van der Waals surface area contributed by atoms with Crippen molar-refractivity contribution in [2.75, 3.05) is 18.8 Å². The van der Waals surface area contributed by atoms with Crippen LogP contribution < -0.4 is 0 Å². The van der Waals surface area contributed by atoms with E-state index in [0.29, 0.717) is 22.6 Å². The van der Waals surface area contributed by atoms with Gasteiger partial charge in [-0.15, -0.1) is 0 Å². The van der Waals surface area contributed by atoms with E-state index >= 15 is 0 Å². The Hall–Kier alpha value is -1.26. The molecule has 3 nitrogen and oxygen atoms in total. The summed E-state index contributed by atoms with van der Waals surface area (Å²) < 4.78 is 0. The third-order valence-electron chi connectivity index (χ3n) is 5.79. The van der Waals surface area contributed by atoms with Gasteiger partial charge < -0.3 is 4.90 Å². The maximum Gasteiger partial charge on any atom is 0.233 e. The van der Waals surface area contributed by atoms with Crippen LogP contribution in [0, 0.1) is 11.8 Å². The number of benzene rings is 1. The van der Waals surface area contributed by atoms with Crippen LogP contribution in [0.15, 0.2) is 23.2 Å². The van der Waals surface area contributed by atoms with Gasteiger partial charge >= 0.3 is 0 Å². The van der Waals surface area contributed by atoms with E-state index in [1.807, 2.05) is 12.1 Å². The number of halogens is 1. The van der Waals surface area contributed by atoms with Gasteiger partial charge in [0.1, 0.15) is 5.03 Å². The molecule has 144 valence electrons. The van der Waals surface area contributed by atoms with Gasteiger partial charge in [-0.3, -0.25) is 4.79 Å². The van der Waals surface area contributed by atoms with Crippen molar-refractivity contribution < 1.29 is 4.79 Å². The maximum atomic E-state index is 12.8. The van der Waals surface area contributed by atoms with Crippen LogP contribution in [0.1, 0.15) is 44.2 Å². The zero-order valence-electron chi connectivity index (χ0n) is 16.1. The Morgan fingerprint density at radius 2 is 1.89 bits per heavy atom. The quantitative estimate of drug-likeness (QED) is 0.647. The number of nitrogens with zero attached hydrogens (tertiary/aromatic N) is 2. The molecule has 1 saturated heterocycles. The predicted octanol–water partition coefficient (Wildman–Crippen LogP) is 5.36. The van der Waals surface area contributed by atoms with Crippen LogP contribution in [0.25, 0.3) is 10.9 Å².